The maximum Gasteiger partial charge on any atom is 0.279 e. The van der Waals surface area contributed by atoms with Gasteiger partial charge >= 0.3 is 0 Å². The zero-order chi connectivity index (χ0) is 13.7. The maximum atomic E-state index is 11.9. The average Bonchev–Trinajstić information content (AvgIpc) is 2.97. The van der Waals surface area contributed by atoms with E-state index in [1.165, 1.54) is 28.2 Å². The van der Waals surface area contributed by atoms with Gasteiger partial charge in [0.15, 0.2) is 0 Å². The van der Waals surface area contributed by atoms with E-state index >= 15 is 0 Å². The molecule has 0 saturated carbocycles. The molecule has 2 amide bonds. The summed E-state index contributed by atoms with van der Waals surface area (Å²) in [6.45, 7) is 2.09. The number of hydrogen-bond donors (Lipinski definition) is 2. The van der Waals surface area contributed by atoms with Crippen LogP contribution in [0.25, 0.3) is 0 Å². The minimum atomic E-state index is -0.205. The number of hydrogen-bond acceptors (Lipinski definition) is 3. The van der Waals surface area contributed by atoms with Crippen LogP contribution in [0, 0.1) is 0 Å². The van der Waals surface area contributed by atoms with Crippen LogP contribution >= 0.6 is 11.3 Å². The lowest BCUT2D eigenvalue weighted by molar-refractivity contribution is -0.121. The van der Waals surface area contributed by atoms with Gasteiger partial charge in [-0.1, -0.05) is 19.8 Å². The summed E-state index contributed by atoms with van der Waals surface area (Å²) < 4.78 is 0. The molecule has 0 bridgehead atoms. The van der Waals surface area contributed by atoms with Crippen LogP contribution in [0.15, 0.2) is 6.07 Å². The van der Waals surface area contributed by atoms with Crippen LogP contribution in [0.5, 0.6) is 0 Å². The second kappa shape index (κ2) is 6.70. The molecule has 0 aromatic carbocycles. The van der Waals surface area contributed by atoms with Crippen molar-refractivity contribution in [2.24, 2.45) is 0 Å². The molecular formula is C14H20N2O2S. The van der Waals surface area contributed by atoms with Crippen molar-refractivity contribution in [3.05, 3.63) is 21.4 Å². The molecule has 0 unspecified atom stereocenters. The second-order valence-electron chi connectivity index (χ2n) is 4.87. The molecule has 0 atom stereocenters. The van der Waals surface area contributed by atoms with Crippen LogP contribution in [0.2, 0.25) is 0 Å². The summed E-state index contributed by atoms with van der Waals surface area (Å²) in [5.74, 6) is -0.325. The number of carbonyl (C=O) groups is 2. The maximum absolute atomic E-state index is 11.9. The van der Waals surface area contributed by atoms with E-state index in [-0.39, 0.29) is 11.8 Å². The zero-order valence-electron chi connectivity index (χ0n) is 11.3. The summed E-state index contributed by atoms with van der Waals surface area (Å²) in [7, 11) is 0. The number of amides is 2. The Morgan fingerprint density at radius 1 is 1.26 bits per heavy atom. The lowest BCUT2D eigenvalue weighted by Gasteiger charge is -2.05. The van der Waals surface area contributed by atoms with Gasteiger partial charge in [0, 0.05) is 11.3 Å². The van der Waals surface area contributed by atoms with Crippen LogP contribution in [-0.2, 0) is 17.6 Å². The summed E-state index contributed by atoms with van der Waals surface area (Å²) in [5, 5.41) is 0. The largest absolute Gasteiger partial charge is 0.279 e. The van der Waals surface area contributed by atoms with Gasteiger partial charge < -0.3 is 0 Å². The average molecular weight is 280 g/mol. The van der Waals surface area contributed by atoms with Crippen molar-refractivity contribution in [1.29, 1.82) is 0 Å². The highest BCUT2D eigenvalue weighted by atomic mass is 32.1. The van der Waals surface area contributed by atoms with E-state index in [9.17, 15) is 9.59 Å². The molecule has 2 N–H and O–H groups in total. The minimum absolute atomic E-state index is 0.120. The molecule has 0 radical (unpaired) electrons. The first-order chi connectivity index (χ1) is 9.20. The monoisotopic (exact) mass is 280 g/mol. The van der Waals surface area contributed by atoms with E-state index in [1.54, 1.807) is 0 Å². The predicted octanol–water partition coefficient (Wildman–Crippen LogP) is 2.58. The number of thiophene rings is 1. The number of nitrogens with one attached hydrogen (secondary N) is 2. The quantitative estimate of drug-likeness (QED) is 0.643. The fourth-order valence-electron chi connectivity index (χ4n) is 2.23. The minimum Gasteiger partial charge on any atom is -0.273 e. The number of fused-ring (bicyclic) bond motifs is 1. The molecule has 0 spiro atoms. The van der Waals surface area contributed by atoms with Crippen molar-refractivity contribution in [3.63, 3.8) is 0 Å². The fraction of sp³-hybridized carbons (Fsp3) is 0.571. The number of carbonyl (C=O) groups excluding carboxylic acids is 2. The normalized spacial score (nSPS) is 13.1. The molecule has 1 aliphatic rings. The van der Waals surface area contributed by atoms with Crippen LogP contribution in [-0.4, -0.2) is 11.8 Å². The van der Waals surface area contributed by atoms with Gasteiger partial charge in [-0.25, -0.2) is 0 Å². The Morgan fingerprint density at radius 3 is 2.84 bits per heavy atom. The number of rotatable bonds is 5. The van der Waals surface area contributed by atoms with Crippen molar-refractivity contribution in [2.45, 2.75) is 51.9 Å². The van der Waals surface area contributed by atoms with E-state index in [0.29, 0.717) is 11.3 Å². The van der Waals surface area contributed by atoms with Crippen molar-refractivity contribution >= 4 is 23.2 Å². The molecule has 0 fully saturated rings. The number of aryl methyl sites for hydroxylation is 2. The first-order valence-electron chi connectivity index (χ1n) is 6.91. The van der Waals surface area contributed by atoms with Gasteiger partial charge in [0.1, 0.15) is 0 Å². The summed E-state index contributed by atoms with van der Waals surface area (Å²) in [5.41, 5.74) is 6.25. The smallest absolute Gasteiger partial charge is 0.273 e. The van der Waals surface area contributed by atoms with Crippen LogP contribution in [0.4, 0.5) is 0 Å². The van der Waals surface area contributed by atoms with Crippen molar-refractivity contribution < 1.29 is 9.59 Å². The summed E-state index contributed by atoms with van der Waals surface area (Å²) in [6, 6.07) is 1.95. The standard InChI is InChI=1S/C14H20N2O2S/c1-2-3-4-8-13(17)15-16-14(18)12-9-10-6-5-7-11(10)19-12/h9H,2-8H2,1H3,(H,15,17)(H,16,18). The van der Waals surface area contributed by atoms with Crippen LogP contribution < -0.4 is 10.9 Å². The van der Waals surface area contributed by atoms with Gasteiger partial charge in [-0.3, -0.25) is 20.4 Å². The summed E-state index contributed by atoms with van der Waals surface area (Å²) >= 11 is 1.54. The first kappa shape index (κ1) is 14.1. The molecule has 1 aromatic heterocycles. The van der Waals surface area contributed by atoms with E-state index < -0.39 is 0 Å². The number of hydrazine groups is 1. The molecule has 0 aliphatic heterocycles. The Labute approximate surface area is 117 Å². The van der Waals surface area contributed by atoms with Crippen LogP contribution in [0.1, 0.15) is 59.1 Å². The van der Waals surface area contributed by atoms with Gasteiger partial charge in [-0.05, 0) is 37.3 Å². The Hall–Kier alpha value is -1.36. The van der Waals surface area contributed by atoms with Gasteiger partial charge in [0.2, 0.25) is 5.91 Å². The summed E-state index contributed by atoms with van der Waals surface area (Å²) in [4.78, 5) is 25.4. The molecule has 4 nitrogen and oxygen atoms in total. The second-order valence-corrected chi connectivity index (χ2v) is 6.01. The van der Waals surface area contributed by atoms with Gasteiger partial charge in [0.05, 0.1) is 4.88 Å². The lowest BCUT2D eigenvalue weighted by atomic mass is 10.2. The highest BCUT2D eigenvalue weighted by molar-refractivity contribution is 7.14. The van der Waals surface area contributed by atoms with Crippen molar-refractivity contribution in [3.8, 4) is 0 Å². The molecule has 1 aromatic rings. The Balaban J connectivity index is 1.76. The zero-order valence-corrected chi connectivity index (χ0v) is 12.1. The lowest BCUT2D eigenvalue weighted by Crippen LogP contribution is -2.41. The molecule has 2 rings (SSSR count). The SMILES string of the molecule is CCCCCC(=O)NNC(=O)c1cc2c(s1)CCC2. The first-order valence-corrected chi connectivity index (χ1v) is 7.73. The Kier molecular flexibility index (Phi) is 4.96. The molecule has 104 valence electrons. The topological polar surface area (TPSA) is 58.2 Å². The highest BCUT2D eigenvalue weighted by Crippen LogP contribution is 2.30. The fourth-order valence-corrected chi connectivity index (χ4v) is 3.38. The Bertz CT molecular complexity index is 447. The molecular weight excluding hydrogens is 260 g/mol. The Morgan fingerprint density at radius 2 is 2.11 bits per heavy atom. The molecule has 1 aliphatic carbocycles. The van der Waals surface area contributed by atoms with Crippen molar-refractivity contribution in [2.75, 3.05) is 0 Å². The van der Waals surface area contributed by atoms with Crippen molar-refractivity contribution in [1.82, 2.24) is 10.9 Å². The van der Waals surface area contributed by atoms with E-state index in [4.69, 9.17) is 0 Å². The van der Waals surface area contributed by atoms with E-state index in [0.717, 1.165) is 32.1 Å². The molecule has 19 heavy (non-hydrogen) atoms. The molecule has 5 heteroatoms. The predicted molar refractivity (Wildman–Crippen MR) is 76.1 cm³/mol. The van der Waals surface area contributed by atoms with Gasteiger partial charge in [-0.2, -0.15) is 0 Å². The third-order valence-corrected chi connectivity index (χ3v) is 4.53. The number of unbranched alkanes of at least 4 members (excludes halogenated alkanes) is 2. The van der Waals surface area contributed by atoms with Crippen LogP contribution in [0.3, 0.4) is 0 Å². The van der Waals surface area contributed by atoms with E-state index in [1.807, 2.05) is 6.07 Å². The third kappa shape index (κ3) is 3.80. The third-order valence-electron chi connectivity index (χ3n) is 3.29. The van der Waals surface area contributed by atoms with Gasteiger partial charge in [0.25, 0.3) is 5.91 Å². The molecule has 1 heterocycles. The highest BCUT2D eigenvalue weighted by Gasteiger charge is 2.18. The van der Waals surface area contributed by atoms with Gasteiger partial charge in [-0.15, -0.1) is 11.3 Å². The molecule has 0 saturated heterocycles. The summed E-state index contributed by atoms with van der Waals surface area (Å²) in [6.07, 6.45) is 6.80. The van der Waals surface area contributed by atoms with E-state index in [2.05, 4.69) is 17.8 Å².